The molecule has 0 bridgehead atoms. The number of aromatic amines is 1. The van der Waals surface area contributed by atoms with Gasteiger partial charge in [0.05, 0.1) is 11.7 Å². The largest absolute Gasteiger partial charge is 0.364 e. The Labute approximate surface area is 147 Å². The molecular formula is C17H17FN6O2. The molecule has 3 aromatic rings. The van der Waals surface area contributed by atoms with Crippen LogP contribution in [0.25, 0.3) is 11.0 Å². The molecule has 134 valence electrons. The van der Waals surface area contributed by atoms with E-state index in [1.54, 1.807) is 12.1 Å². The number of nitrogens with zero attached hydrogens (tertiary/aromatic N) is 4. The maximum absolute atomic E-state index is 13.7. The van der Waals surface area contributed by atoms with E-state index in [1.807, 2.05) is 4.90 Å². The molecule has 0 saturated carbocycles. The van der Waals surface area contributed by atoms with Crippen molar-refractivity contribution in [3.05, 3.63) is 57.1 Å². The van der Waals surface area contributed by atoms with Gasteiger partial charge in [0.25, 0.3) is 5.56 Å². The first-order chi connectivity index (χ1) is 12.5. The molecule has 3 heterocycles. The Hall–Kier alpha value is -3.23. The molecule has 0 amide bonds. The van der Waals surface area contributed by atoms with E-state index in [1.165, 1.54) is 25.4 Å². The zero-order valence-electron chi connectivity index (χ0n) is 14.1. The van der Waals surface area contributed by atoms with E-state index in [2.05, 4.69) is 20.3 Å². The summed E-state index contributed by atoms with van der Waals surface area (Å²) in [6.45, 7) is 1.29. The first-order valence-electron chi connectivity index (χ1n) is 8.24. The number of fused-ring (bicyclic) bond motifs is 1. The number of hydrogen-bond acceptors (Lipinski definition) is 6. The Balaban J connectivity index is 1.51. The highest BCUT2D eigenvalue weighted by Crippen LogP contribution is 2.20. The van der Waals surface area contributed by atoms with E-state index in [-0.39, 0.29) is 17.1 Å². The number of anilines is 2. The Morgan fingerprint density at radius 3 is 3.00 bits per heavy atom. The standard InChI is InChI=1S/C17H17FN6O2/c1-23-15(25)7-14(22-17(23)26)24-6-5-10(9-24)20-13-8-19-16-11(18)3-2-4-12(16)21-13/h2-4,7-8,10H,5-6,9H2,1H3,(H,20,21)(H,22,26)/t10-/m1/s1. The predicted octanol–water partition coefficient (Wildman–Crippen LogP) is 0.847. The second-order valence-electron chi connectivity index (χ2n) is 6.30. The summed E-state index contributed by atoms with van der Waals surface area (Å²) >= 11 is 0. The summed E-state index contributed by atoms with van der Waals surface area (Å²) in [5.74, 6) is 0.671. The van der Waals surface area contributed by atoms with Crippen molar-refractivity contribution >= 4 is 22.7 Å². The summed E-state index contributed by atoms with van der Waals surface area (Å²) < 4.78 is 14.7. The first kappa shape index (κ1) is 16.2. The zero-order chi connectivity index (χ0) is 18.3. The number of halogens is 1. The fourth-order valence-electron chi connectivity index (χ4n) is 3.10. The summed E-state index contributed by atoms with van der Waals surface area (Å²) in [4.78, 5) is 36.7. The Morgan fingerprint density at radius 2 is 2.19 bits per heavy atom. The van der Waals surface area contributed by atoms with Crippen LogP contribution in [0.2, 0.25) is 0 Å². The molecule has 1 aromatic carbocycles. The number of aromatic nitrogens is 4. The lowest BCUT2D eigenvalue weighted by Gasteiger charge is -2.18. The van der Waals surface area contributed by atoms with Crippen LogP contribution in [0.5, 0.6) is 0 Å². The van der Waals surface area contributed by atoms with Crippen LogP contribution < -0.4 is 21.5 Å². The molecule has 1 saturated heterocycles. The molecule has 2 aromatic heterocycles. The summed E-state index contributed by atoms with van der Waals surface area (Å²) in [5, 5.41) is 3.28. The second-order valence-corrected chi connectivity index (χ2v) is 6.30. The van der Waals surface area contributed by atoms with Crippen molar-refractivity contribution in [3.63, 3.8) is 0 Å². The first-order valence-corrected chi connectivity index (χ1v) is 8.24. The molecule has 0 spiro atoms. The average molecular weight is 356 g/mol. The van der Waals surface area contributed by atoms with Crippen molar-refractivity contribution in [1.29, 1.82) is 0 Å². The molecule has 8 nitrogen and oxygen atoms in total. The Kier molecular flexibility index (Phi) is 3.90. The van der Waals surface area contributed by atoms with E-state index in [4.69, 9.17) is 0 Å². The number of nitrogens with one attached hydrogen (secondary N) is 2. The van der Waals surface area contributed by atoms with Crippen molar-refractivity contribution in [2.24, 2.45) is 7.05 Å². The van der Waals surface area contributed by atoms with Gasteiger partial charge in [-0.1, -0.05) is 6.07 Å². The zero-order valence-corrected chi connectivity index (χ0v) is 14.1. The lowest BCUT2D eigenvalue weighted by atomic mass is 10.2. The molecule has 0 aliphatic carbocycles. The number of para-hydroxylation sites is 1. The van der Waals surface area contributed by atoms with Crippen molar-refractivity contribution in [3.8, 4) is 0 Å². The molecule has 26 heavy (non-hydrogen) atoms. The Morgan fingerprint density at radius 1 is 1.35 bits per heavy atom. The van der Waals surface area contributed by atoms with Crippen LogP contribution in [-0.2, 0) is 7.05 Å². The van der Waals surface area contributed by atoms with Gasteiger partial charge < -0.3 is 10.2 Å². The van der Waals surface area contributed by atoms with Gasteiger partial charge in [-0.3, -0.25) is 14.3 Å². The average Bonchev–Trinajstić information content (AvgIpc) is 3.08. The van der Waals surface area contributed by atoms with Gasteiger partial charge in [0.1, 0.15) is 17.2 Å². The van der Waals surface area contributed by atoms with E-state index in [0.717, 1.165) is 11.0 Å². The number of hydrogen-bond donors (Lipinski definition) is 2. The number of benzene rings is 1. The van der Waals surface area contributed by atoms with Gasteiger partial charge in [-0.2, -0.15) is 0 Å². The maximum Gasteiger partial charge on any atom is 0.329 e. The minimum Gasteiger partial charge on any atom is -0.364 e. The predicted molar refractivity (Wildman–Crippen MR) is 96.0 cm³/mol. The number of rotatable bonds is 3. The monoisotopic (exact) mass is 356 g/mol. The van der Waals surface area contributed by atoms with Crippen LogP contribution >= 0.6 is 0 Å². The van der Waals surface area contributed by atoms with Gasteiger partial charge in [0.15, 0.2) is 5.82 Å². The summed E-state index contributed by atoms with van der Waals surface area (Å²) in [6.07, 6.45) is 2.31. The molecule has 4 rings (SSSR count). The third kappa shape index (κ3) is 2.92. The van der Waals surface area contributed by atoms with Gasteiger partial charge in [-0.05, 0) is 18.6 Å². The van der Waals surface area contributed by atoms with Crippen LogP contribution in [0, 0.1) is 5.82 Å². The molecule has 9 heteroatoms. The second kappa shape index (κ2) is 6.25. The quantitative estimate of drug-likeness (QED) is 0.722. The van der Waals surface area contributed by atoms with Crippen LogP contribution in [0.3, 0.4) is 0 Å². The highest BCUT2D eigenvalue weighted by molar-refractivity contribution is 5.76. The van der Waals surface area contributed by atoms with Crippen LogP contribution in [-0.4, -0.2) is 38.7 Å². The number of H-pyrrole nitrogens is 1. The van der Waals surface area contributed by atoms with Crippen molar-refractivity contribution in [2.45, 2.75) is 12.5 Å². The molecule has 1 atom stereocenters. The lowest BCUT2D eigenvalue weighted by molar-refractivity contribution is 0.636. The Bertz CT molecular complexity index is 1060. The molecule has 0 radical (unpaired) electrons. The van der Waals surface area contributed by atoms with Crippen molar-refractivity contribution in [1.82, 2.24) is 19.5 Å². The molecule has 0 unspecified atom stereocenters. The highest BCUT2D eigenvalue weighted by Gasteiger charge is 2.24. The minimum absolute atomic E-state index is 0.0721. The highest BCUT2D eigenvalue weighted by atomic mass is 19.1. The fourth-order valence-corrected chi connectivity index (χ4v) is 3.10. The van der Waals surface area contributed by atoms with Crippen molar-refractivity contribution in [2.75, 3.05) is 23.3 Å². The van der Waals surface area contributed by atoms with Gasteiger partial charge >= 0.3 is 5.69 Å². The minimum atomic E-state index is -0.439. The molecule has 1 aliphatic heterocycles. The van der Waals surface area contributed by atoms with Gasteiger partial charge in [0.2, 0.25) is 0 Å². The normalized spacial score (nSPS) is 17.0. The summed E-state index contributed by atoms with van der Waals surface area (Å²) in [6, 6.07) is 6.15. The van der Waals surface area contributed by atoms with Gasteiger partial charge in [-0.25, -0.2) is 19.2 Å². The third-order valence-corrected chi connectivity index (χ3v) is 4.53. The molecule has 2 N–H and O–H groups in total. The molecular weight excluding hydrogens is 339 g/mol. The third-order valence-electron chi connectivity index (χ3n) is 4.53. The summed E-state index contributed by atoms with van der Waals surface area (Å²) in [7, 11) is 1.43. The molecule has 1 aliphatic rings. The smallest absolute Gasteiger partial charge is 0.329 e. The SMILES string of the molecule is Cn1c(=O)cc(N2CC[C@@H](Nc3cnc4c(F)cccc4n3)C2)[nH]c1=O. The van der Waals surface area contributed by atoms with E-state index in [0.29, 0.717) is 30.2 Å². The van der Waals surface area contributed by atoms with E-state index < -0.39 is 11.5 Å². The van der Waals surface area contributed by atoms with Gasteiger partial charge in [-0.15, -0.1) is 0 Å². The van der Waals surface area contributed by atoms with E-state index in [9.17, 15) is 14.0 Å². The molecule has 1 fully saturated rings. The van der Waals surface area contributed by atoms with Crippen LogP contribution in [0.4, 0.5) is 16.0 Å². The van der Waals surface area contributed by atoms with Crippen LogP contribution in [0.15, 0.2) is 40.1 Å². The van der Waals surface area contributed by atoms with Crippen molar-refractivity contribution < 1.29 is 4.39 Å². The topological polar surface area (TPSA) is 95.9 Å². The summed E-state index contributed by atoms with van der Waals surface area (Å²) in [5.41, 5.74) is -0.0570. The van der Waals surface area contributed by atoms with Crippen LogP contribution in [0.1, 0.15) is 6.42 Å². The fraction of sp³-hybridized carbons (Fsp3) is 0.294. The van der Waals surface area contributed by atoms with E-state index >= 15 is 0 Å². The lowest BCUT2D eigenvalue weighted by Crippen LogP contribution is -2.35. The van der Waals surface area contributed by atoms with Gasteiger partial charge in [0, 0.05) is 32.2 Å². The maximum atomic E-state index is 13.7.